The van der Waals surface area contributed by atoms with Crippen molar-refractivity contribution < 1.29 is 36.7 Å². The monoisotopic (exact) mass is 483 g/mol. The number of amides is 3. The van der Waals surface area contributed by atoms with E-state index in [1.54, 1.807) is 0 Å². The van der Waals surface area contributed by atoms with Crippen molar-refractivity contribution in [3.8, 4) is 18.1 Å². The Bertz CT molecular complexity index is 968. The molecule has 1 aromatic carbocycles. The Labute approximate surface area is 194 Å². The van der Waals surface area contributed by atoms with Crippen LogP contribution < -0.4 is 15.8 Å². The zero-order valence-corrected chi connectivity index (χ0v) is 18.2. The first-order chi connectivity index (χ1) is 16.0. The molecular weight excluding hydrogens is 458 g/mol. The number of nitrogens with zero attached hydrogens (tertiary/aromatic N) is 1. The Hall–Kier alpha value is -3.29. The summed E-state index contributed by atoms with van der Waals surface area (Å²) in [5.41, 5.74) is 4.41. The van der Waals surface area contributed by atoms with Gasteiger partial charge in [0.2, 0.25) is 17.7 Å². The number of hydrogen-bond acceptors (Lipinski definition) is 4. The third kappa shape index (κ3) is 5.43. The van der Waals surface area contributed by atoms with Crippen molar-refractivity contribution in [3.05, 3.63) is 29.8 Å². The van der Waals surface area contributed by atoms with Crippen molar-refractivity contribution in [2.75, 3.05) is 13.2 Å². The van der Waals surface area contributed by atoms with Crippen LogP contribution in [-0.2, 0) is 19.8 Å². The van der Waals surface area contributed by atoms with Gasteiger partial charge < -0.3 is 20.7 Å². The van der Waals surface area contributed by atoms with Crippen molar-refractivity contribution in [1.29, 1.82) is 0 Å². The van der Waals surface area contributed by atoms with E-state index < -0.39 is 54.0 Å². The van der Waals surface area contributed by atoms with E-state index in [0.717, 1.165) is 12.1 Å². The van der Waals surface area contributed by atoms with Crippen LogP contribution in [0.5, 0.6) is 5.75 Å². The second-order valence-corrected chi connectivity index (χ2v) is 8.64. The summed E-state index contributed by atoms with van der Waals surface area (Å²) in [6.07, 6.45) is 1.49. The van der Waals surface area contributed by atoms with Crippen molar-refractivity contribution in [2.24, 2.45) is 11.7 Å². The number of hydrogen-bond donors (Lipinski definition) is 2. The summed E-state index contributed by atoms with van der Waals surface area (Å²) in [4.78, 5) is 39.1. The van der Waals surface area contributed by atoms with E-state index in [-0.39, 0.29) is 31.7 Å². The lowest BCUT2D eigenvalue weighted by Gasteiger charge is -2.48. The van der Waals surface area contributed by atoms with Gasteiger partial charge in [-0.25, -0.2) is 0 Å². The van der Waals surface area contributed by atoms with E-state index in [2.05, 4.69) is 16.0 Å². The molecule has 1 aromatic rings. The van der Waals surface area contributed by atoms with Crippen LogP contribution in [0.2, 0.25) is 0 Å². The molecule has 11 heteroatoms. The minimum absolute atomic E-state index is 0.168. The van der Waals surface area contributed by atoms with Gasteiger partial charge in [0.15, 0.2) is 0 Å². The third-order valence-electron chi connectivity index (χ3n) is 6.28. The second kappa shape index (κ2) is 9.91. The van der Waals surface area contributed by atoms with Gasteiger partial charge >= 0.3 is 6.36 Å². The fourth-order valence-electron chi connectivity index (χ4n) is 4.72. The highest BCUT2D eigenvalue weighted by molar-refractivity contribution is 5.94. The molecule has 0 spiro atoms. The van der Waals surface area contributed by atoms with Crippen LogP contribution in [-0.4, -0.2) is 54.3 Å². The molecule has 0 bridgehead atoms. The van der Waals surface area contributed by atoms with E-state index in [9.17, 15) is 31.9 Å². The van der Waals surface area contributed by atoms with Gasteiger partial charge in [-0.2, -0.15) is 0 Å². The SMILES string of the molecule is C#C[C@H](CC(N)=O)NC(=O)[C@@H]1CCCN1C(=O)C1(c2ccc(OC(F)(F)F)cc2)CC(CF)C1. The average Bonchev–Trinajstić information content (AvgIpc) is 3.22. The molecule has 1 aliphatic heterocycles. The zero-order valence-electron chi connectivity index (χ0n) is 18.2. The molecule has 2 aliphatic rings. The Morgan fingerprint density at radius 2 is 1.91 bits per heavy atom. The molecule has 3 N–H and O–H groups in total. The van der Waals surface area contributed by atoms with Gasteiger partial charge in [-0.3, -0.25) is 18.8 Å². The van der Waals surface area contributed by atoms with E-state index in [1.165, 1.54) is 17.0 Å². The molecule has 184 valence electrons. The number of nitrogens with one attached hydrogen (secondary N) is 1. The van der Waals surface area contributed by atoms with Gasteiger partial charge in [0.05, 0.1) is 24.6 Å². The zero-order chi connectivity index (χ0) is 25.1. The summed E-state index contributed by atoms with van der Waals surface area (Å²) in [7, 11) is 0. The van der Waals surface area contributed by atoms with Crippen LogP contribution in [0.3, 0.4) is 0 Å². The number of nitrogens with two attached hydrogens (primary N) is 1. The summed E-state index contributed by atoms with van der Waals surface area (Å²) in [6, 6.07) is 3.17. The first-order valence-electron chi connectivity index (χ1n) is 10.8. The maximum absolute atomic E-state index is 13.7. The van der Waals surface area contributed by atoms with Gasteiger partial charge in [0.25, 0.3) is 0 Å². The second-order valence-electron chi connectivity index (χ2n) is 8.64. The Morgan fingerprint density at radius 3 is 2.44 bits per heavy atom. The van der Waals surface area contributed by atoms with Gasteiger partial charge in [0, 0.05) is 6.54 Å². The van der Waals surface area contributed by atoms with E-state index in [4.69, 9.17) is 12.2 Å². The summed E-state index contributed by atoms with van der Waals surface area (Å²) in [6.45, 7) is -0.351. The maximum atomic E-state index is 13.7. The van der Waals surface area contributed by atoms with Gasteiger partial charge in [-0.1, -0.05) is 18.1 Å². The van der Waals surface area contributed by atoms with E-state index >= 15 is 0 Å². The molecule has 34 heavy (non-hydrogen) atoms. The normalized spacial score (nSPS) is 25.1. The predicted molar refractivity (Wildman–Crippen MR) is 113 cm³/mol. The maximum Gasteiger partial charge on any atom is 0.573 e. The molecule has 1 heterocycles. The molecule has 7 nitrogen and oxygen atoms in total. The molecule has 2 atom stereocenters. The van der Waals surface area contributed by atoms with Crippen LogP contribution in [0.1, 0.15) is 37.7 Å². The average molecular weight is 483 g/mol. The third-order valence-corrected chi connectivity index (χ3v) is 6.28. The molecule has 3 rings (SSSR count). The molecule has 0 radical (unpaired) electrons. The summed E-state index contributed by atoms with van der Waals surface area (Å²) in [5, 5.41) is 2.55. The predicted octanol–water partition coefficient (Wildman–Crippen LogP) is 2.19. The minimum atomic E-state index is -4.86. The molecule has 0 aromatic heterocycles. The van der Waals surface area contributed by atoms with Crippen molar-refractivity contribution in [1.82, 2.24) is 10.2 Å². The number of carbonyl (C=O) groups excluding carboxylic acids is 3. The fourth-order valence-corrected chi connectivity index (χ4v) is 4.72. The molecule has 2 fully saturated rings. The van der Waals surface area contributed by atoms with E-state index in [0.29, 0.717) is 18.4 Å². The fraction of sp³-hybridized carbons (Fsp3) is 0.522. The number of benzene rings is 1. The number of ether oxygens (including phenoxy) is 1. The number of carbonyl (C=O) groups is 3. The van der Waals surface area contributed by atoms with Crippen LogP contribution in [0.15, 0.2) is 24.3 Å². The summed E-state index contributed by atoms with van der Waals surface area (Å²) in [5.74, 6) is -0.143. The van der Waals surface area contributed by atoms with Gasteiger partial charge in [-0.15, -0.1) is 19.6 Å². The van der Waals surface area contributed by atoms with Crippen molar-refractivity contribution in [2.45, 2.75) is 56.0 Å². The first kappa shape index (κ1) is 25.3. The Kier molecular flexibility index (Phi) is 7.38. The van der Waals surface area contributed by atoms with Crippen LogP contribution >= 0.6 is 0 Å². The molecule has 1 aliphatic carbocycles. The largest absolute Gasteiger partial charge is 0.573 e. The highest BCUT2D eigenvalue weighted by atomic mass is 19.4. The topological polar surface area (TPSA) is 102 Å². The number of halogens is 4. The molecular formula is C23H25F4N3O4. The molecule has 1 saturated heterocycles. The summed E-state index contributed by atoms with van der Waals surface area (Å²) >= 11 is 0. The lowest BCUT2D eigenvalue weighted by molar-refractivity contribution is -0.274. The van der Waals surface area contributed by atoms with Gasteiger partial charge in [0.1, 0.15) is 11.8 Å². The number of rotatable bonds is 8. The standard InChI is InChI=1S/C23H25F4N3O4/c1-2-16(10-19(28)31)29-20(32)18-4-3-9-30(18)21(33)22(11-14(12-22)13-24)15-5-7-17(8-6-15)34-23(25,26)27/h1,5-8,14,16,18H,3-4,9-13H2,(H2,28,31)(H,29,32)/t14?,16-,18+,22?/m1/s1. The Balaban J connectivity index is 1.81. The smallest absolute Gasteiger partial charge is 0.406 e. The number of terminal acetylenes is 1. The van der Waals surface area contributed by atoms with Crippen molar-refractivity contribution in [3.63, 3.8) is 0 Å². The number of alkyl halides is 4. The summed E-state index contributed by atoms with van der Waals surface area (Å²) < 4.78 is 54.6. The first-order valence-corrected chi connectivity index (χ1v) is 10.8. The number of primary amides is 1. The van der Waals surface area contributed by atoms with Crippen LogP contribution in [0.25, 0.3) is 0 Å². The highest BCUT2D eigenvalue weighted by Gasteiger charge is 2.54. The highest BCUT2D eigenvalue weighted by Crippen LogP contribution is 2.50. The molecule has 0 unspecified atom stereocenters. The van der Waals surface area contributed by atoms with Gasteiger partial charge in [-0.05, 0) is 49.3 Å². The lowest BCUT2D eigenvalue weighted by atomic mass is 9.58. The lowest BCUT2D eigenvalue weighted by Crippen LogP contribution is -2.58. The number of likely N-dealkylation sites (tertiary alicyclic amines) is 1. The van der Waals surface area contributed by atoms with Crippen LogP contribution in [0.4, 0.5) is 17.6 Å². The van der Waals surface area contributed by atoms with Crippen molar-refractivity contribution >= 4 is 17.7 Å². The quantitative estimate of drug-likeness (QED) is 0.437. The Morgan fingerprint density at radius 1 is 1.26 bits per heavy atom. The molecule has 1 saturated carbocycles. The van der Waals surface area contributed by atoms with Crippen LogP contribution in [0, 0.1) is 18.3 Å². The minimum Gasteiger partial charge on any atom is -0.406 e. The van der Waals surface area contributed by atoms with E-state index in [1.807, 2.05) is 0 Å². The molecule has 3 amide bonds.